The zero-order valence-electron chi connectivity index (χ0n) is 13.9. The third-order valence-corrected chi connectivity index (χ3v) is 3.33. The number of hydrogen-bond acceptors (Lipinski definition) is 3. The van der Waals surface area contributed by atoms with Crippen LogP contribution in [0.15, 0.2) is 18.2 Å². The average Bonchev–Trinajstić information content (AvgIpc) is 2.39. The number of rotatable bonds is 6. The maximum absolute atomic E-state index is 12.6. The summed E-state index contributed by atoms with van der Waals surface area (Å²) in [4.78, 5) is 14.3. The smallest absolute Gasteiger partial charge is 0.257 e. The van der Waals surface area contributed by atoms with Crippen LogP contribution in [-0.2, 0) is 0 Å². The maximum Gasteiger partial charge on any atom is 0.257 e. The molecule has 0 bridgehead atoms. The molecule has 1 aromatic rings. The van der Waals surface area contributed by atoms with E-state index in [1.807, 2.05) is 27.7 Å². The molecule has 0 unspecified atom stereocenters. The zero-order chi connectivity index (χ0) is 16.2. The molecule has 0 aliphatic heterocycles. The van der Waals surface area contributed by atoms with Gasteiger partial charge in [-0.1, -0.05) is 25.4 Å². The molecule has 0 spiro atoms. The van der Waals surface area contributed by atoms with Gasteiger partial charge in [0.1, 0.15) is 5.75 Å². The standard InChI is InChI=1S/C16H25ClN2O2.ClH/c1-11(2)21-14-7-6-12(17)8-13(14)15(20)19(5)10-16(3,4)9-18;/h6-8,11H,9-10,18H2,1-5H3;1H. The fraction of sp³-hybridized carbons (Fsp3) is 0.562. The number of carbonyl (C=O) groups excluding carboxylic acids is 1. The van der Waals surface area contributed by atoms with Crippen LogP contribution in [0.4, 0.5) is 0 Å². The van der Waals surface area contributed by atoms with Crippen molar-refractivity contribution in [2.45, 2.75) is 33.8 Å². The monoisotopic (exact) mass is 348 g/mol. The lowest BCUT2D eigenvalue weighted by atomic mass is 9.93. The van der Waals surface area contributed by atoms with Crippen LogP contribution in [0.5, 0.6) is 5.75 Å². The lowest BCUT2D eigenvalue weighted by Crippen LogP contribution is -2.39. The third kappa shape index (κ3) is 6.03. The van der Waals surface area contributed by atoms with Gasteiger partial charge >= 0.3 is 0 Å². The molecule has 0 saturated carbocycles. The Bertz CT molecular complexity index is 505. The van der Waals surface area contributed by atoms with Crippen LogP contribution in [-0.4, -0.2) is 37.0 Å². The highest BCUT2D eigenvalue weighted by Crippen LogP contribution is 2.26. The van der Waals surface area contributed by atoms with Gasteiger partial charge in [-0.25, -0.2) is 0 Å². The van der Waals surface area contributed by atoms with Gasteiger partial charge in [-0.05, 0) is 44.0 Å². The van der Waals surface area contributed by atoms with Gasteiger partial charge in [0.25, 0.3) is 5.91 Å². The average molecular weight is 349 g/mol. The number of benzene rings is 1. The minimum Gasteiger partial charge on any atom is -0.490 e. The minimum absolute atomic E-state index is 0. The molecule has 0 aromatic heterocycles. The van der Waals surface area contributed by atoms with E-state index in [9.17, 15) is 4.79 Å². The molecule has 1 amide bonds. The molecular formula is C16H26Cl2N2O2. The molecule has 0 radical (unpaired) electrons. The Morgan fingerprint density at radius 1 is 1.41 bits per heavy atom. The molecule has 0 heterocycles. The van der Waals surface area contributed by atoms with E-state index in [1.165, 1.54) is 0 Å². The summed E-state index contributed by atoms with van der Waals surface area (Å²) in [5.41, 5.74) is 6.07. The molecule has 0 fully saturated rings. The first-order valence-corrected chi connectivity index (χ1v) is 7.46. The molecule has 1 rings (SSSR count). The molecule has 2 N–H and O–H groups in total. The van der Waals surface area contributed by atoms with Crippen LogP contribution in [0.25, 0.3) is 0 Å². The highest BCUT2D eigenvalue weighted by Gasteiger charge is 2.24. The molecule has 4 nitrogen and oxygen atoms in total. The summed E-state index contributed by atoms with van der Waals surface area (Å²) in [5, 5.41) is 0.515. The third-order valence-electron chi connectivity index (χ3n) is 3.10. The SMILES string of the molecule is CC(C)Oc1ccc(Cl)cc1C(=O)N(C)CC(C)(C)CN.Cl. The van der Waals surface area contributed by atoms with E-state index in [1.54, 1.807) is 30.1 Å². The predicted octanol–water partition coefficient (Wildman–Crippen LogP) is 3.61. The number of ether oxygens (including phenoxy) is 1. The van der Waals surface area contributed by atoms with Gasteiger partial charge in [0.2, 0.25) is 0 Å². The van der Waals surface area contributed by atoms with E-state index in [0.717, 1.165) is 0 Å². The number of amides is 1. The van der Waals surface area contributed by atoms with Gasteiger partial charge < -0.3 is 15.4 Å². The molecule has 1 aromatic carbocycles. The van der Waals surface area contributed by atoms with E-state index < -0.39 is 0 Å². The summed E-state index contributed by atoms with van der Waals surface area (Å²) in [5.74, 6) is 0.437. The molecule has 6 heteroatoms. The number of halogens is 2. The highest BCUT2D eigenvalue weighted by molar-refractivity contribution is 6.31. The predicted molar refractivity (Wildman–Crippen MR) is 94.3 cm³/mol. The fourth-order valence-electron chi connectivity index (χ4n) is 2.01. The lowest BCUT2D eigenvalue weighted by Gasteiger charge is -2.29. The summed E-state index contributed by atoms with van der Waals surface area (Å²) < 4.78 is 5.70. The number of nitrogens with zero attached hydrogens (tertiary/aromatic N) is 1. The second kappa shape index (κ2) is 8.61. The van der Waals surface area contributed by atoms with Crippen LogP contribution in [0.2, 0.25) is 5.02 Å². The van der Waals surface area contributed by atoms with Crippen molar-refractivity contribution in [3.05, 3.63) is 28.8 Å². The number of nitrogens with two attached hydrogens (primary N) is 1. The van der Waals surface area contributed by atoms with Crippen LogP contribution >= 0.6 is 24.0 Å². The van der Waals surface area contributed by atoms with Crippen LogP contribution in [0.1, 0.15) is 38.1 Å². The summed E-state index contributed by atoms with van der Waals surface area (Å²) in [6.45, 7) is 8.97. The van der Waals surface area contributed by atoms with E-state index in [4.69, 9.17) is 22.1 Å². The molecular weight excluding hydrogens is 323 g/mol. The first kappa shape index (κ1) is 21.0. The van der Waals surface area contributed by atoms with Gasteiger partial charge in [-0.2, -0.15) is 0 Å². The van der Waals surface area contributed by atoms with E-state index >= 15 is 0 Å². The molecule has 0 aliphatic carbocycles. The Morgan fingerprint density at radius 3 is 2.50 bits per heavy atom. The van der Waals surface area contributed by atoms with E-state index in [-0.39, 0.29) is 29.8 Å². The summed E-state index contributed by atoms with van der Waals surface area (Å²) >= 11 is 6.02. The van der Waals surface area contributed by atoms with Crippen molar-refractivity contribution in [3.63, 3.8) is 0 Å². The lowest BCUT2D eigenvalue weighted by molar-refractivity contribution is 0.0734. The summed E-state index contributed by atoms with van der Waals surface area (Å²) in [6, 6.07) is 5.10. The molecule has 22 heavy (non-hydrogen) atoms. The van der Waals surface area contributed by atoms with Gasteiger partial charge in [-0.3, -0.25) is 4.79 Å². The van der Waals surface area contributed by atoms with Crippen molar-refractivity contribution in [2.75, 3.05) is 20.1 Å². The molecule has 0 saturated heterocycles. The first-order valence-electron chi connectivity index (χ1n) is 7.08. The first-order chi connectivity index (χ1) is 9.66. The van der Waals surface area contributed by atoms with Gasteiger partial charge in [0.05, 0.1) is 11.7 Å². The quantitative estimate of drug-likeness (QED) is 0.854. The maximum atomic E-state index is 12.6. The molecule has 0 aliphatic rings. The number of carbonyl (C=O) groups is 1. The molecule has 126 valence electrons. The van der Waals surface area contributed by atoms with Crippen LogP contribution in [0.3, 0.4) is 0 Å². The minimum atomic E-state index is -0.137. The second-order valence-electron chi connectivity index (χ2n) is 6.34. The van der Waals surface area contributed by atoms with Crippen molar-refractivity contribution < 1.29 is 9.53 Å². The Morgan fingerprint density at radius 2 is 2.00 bits per heavy atom. The van der Waals surface area contributed by atoms with Crippen molar-refractivity contribution >= 4 is 29.9 Å². The topological polar surface area (TPSA) is 55.6 Å². The van der Waals surface area contributed by atoms with Crippen LogP contribution < -0.4 is 10.5 Å². The summed E-state index contributed by atoms with van der Waals surface area (Å²) in [6.07, 6.45) is -0.0106. The van der Waals surface area contributed by atoms with Crippen molar-refractivity contribution in [1.29, 1.82) is 0 Å². The Labute approximate surface area is 144 Å². The Kier molecular flexibility index (Phi) is 8.23. The van der Waals surface area contributed by atoms with E-state index in [2.05, 4.69) is 0 Å². The van der Waals surface area contributed by atoms with Gasteiger partial charge in [0, 0.05) is 18.6 Å². The van der Waals surface area contributed by atoms with Crippen LogP contribution in [0, 0.1) is 5.41 Å². The second-order valence-corrected chi connectivity index (χ2v) is 6.77. The highest BCUT2D eigenvalue weighted by atomic mass is 35.5. The fourth-order valence-corrected chi connectivity index (χ4v) is 2.18. The van der Waals surface area contributed by atoms with Crippen molar-refractivity contribution in [2.24, 2.45) is 11.1 Å². The normalized spacial score (nSPS) is 11.1. The largest absolute Gasteiger partial charge is 0.490 e. The Hall–Kier alpha value is -0.970. The Balaban J connectivity index is 0.00000441. The van der Waals surface area contributed by atoms with E-state index in [0.29, 0.717) is 29.4 Å². The summed E-state index contributed by atoms with van der Waals surface area (Å²) in [7, 11) is 1.76. The van der Waals surface area contributed by atoms with Crippen molar-refractivity contribution in [1.82, 2.24) is 4.90 Å². The zero-order valence-corrected chi connectivity index (χ0v) is 15.4. The van der Waals surface area contributed by atoms with Crippen molar-refractivity contribution in [3.8, 4) is 5.75 Å². The van der Waals surface area contributed by atoms with Gasteiger partial charge in [0.15, 0.2) is 0 Å². The number of hydrogen-bond donors (Lipinski definition) is 1. The van der Waals surface area contributed by atoms with Gasteiger partial charge in [-0.15, -0.1) is 12.4 Å². The molecule has 0 atom stereocenters.